The minimum Gasteiger partial charge on any atom is -0.326 e. The molecule has 0 spiro atoms. The Kier molecular flexibility index (Phi) is 4.95. The lowest BCUT2D eigenvalue weighted by atomic mass is 9.97. The van der Waals surface area contributed by atoms with E-state index in [1.165, 1.54) is 18.2 Å². The molecular weight excluding hydrogens is 288 g/mol. The summed E-state index contributed by atoms with van der Waals surface area (Å²) in [4.78, 5) is 11.7. The van der Waals surface area contributed by atoms with Gasteiger partial charge in [0, 0.05) is 11.6 Å². The second-order valence-electron chi connectivity index (χ2n) is 4.71. The highest BCUT2D eigenvalue weighted by molar-refractivity contribution is 7.89. The van der Waals surface area contributed by atoms with Gasteiger partial charge in [-0.15, -0.1) is 0 Å². The van der Waals surface area contributed by atoms with Gasteiger partial charge >= 0.3 is 0 Å². The van der Waals surface area contributed by atoms with Gasteiger partial charge in [0.1, 0.15) is 4.90 Å². The van der Waals surface area contributed by atoms with Crippen LogP contribution >= 0.6 is 11.6 Å². The molecule has 3 N–H and O–H groups in total. The lowest BCUT2D eigenvalue weighted by Crippen LogP contribution is -2.24. The van der Waals surface area contributed by atoms with Crippen LogP contribution in [0.2, 0.25) is 5.02 Å². The van der Waals surface area contributed by atoms with E-state index in [-0.39, 0.29) is 27.7 Å². The smallest absolute Gasteiger partial charge is 0.239 e. The Morgan fingerprint density at radius 2 is 1.89 bits per heavy atom. The van der Waals surface area contributed by atoms with Crippen molar-refractivity contribution in [2.45, 2.75) is 25.7 Å². The van der Waals surface area contributed by atoms with Crippen LogP contribution in [-0.2, 0) is 14.8 Å². The monoisotopic (exact) mass is 304 g/mol. The normalized spacial score (nSPS) is 13.4. The number of nitrogens with one attached hydrogen (secondary N) is 1. The second kappa shape index (κ2) is 5.90. The summed E-state index contributed by atoms with van der Waals surface area (Å²) in [7, 11) is -3.85. The second-order valence-corrected chi connectivity index (χ2v) is 6.65. The first-order valence-electron chi connectivity index (χ1n) is 5.76. The third-order valence-electron chi connectivity index (χ3n) is 2.92. The fourth-order valence-corrected chi connectivity index (χ4v) is 2.46. The standard InChI is InChI=1S/C12H17ClN2O3S/c1-7(2)8(3)12(16)15-9-4-5-11(10(13)6-9)19(14,17)18/h4-8H,1-3H3,(H,15,16)(H2,14,17,18). The van der Waals surface area contributed by atoms with Gasteiger partial charge in [-0.3, -0.25) is 4.79 Å². The van der Waals surface area contributed by atoms with E-state index in [0.29, 0.717) is 5.69 Å². The average Bonchev–Trinajstić information content (AvgIpc) is 2.25. The molecule has 0 saturated heterocycles. The fraction of sp³-hybridized carbons (Fsp3) is 0.417. The van der Waals surface area contributed by atoms with Gasteiger partial charge in [-0.25, -0.2) is 13.6 Å². The highest BCUT2D eigenvalue weighted by Crippen LogP contribution is 2.24. The maximum Gasteiger partial charge on any atom is 0.239 e. The Hall–Kier alpha value is -1.11. The number of halogens is 1. The number of carbonyl (C=O) groups excluding carboxylic acids is 1. The van der Waals surface area contributed by atoms with E-state index in [1.54, 1.807) is 0 Å². The largest absolute Gasteiger partial charge is 0.326 e. The number of carbonyl (C=O) groups is 1. The first-order valence-corrected chi connectivity index (χ1v) is 7.68. The maximum atomic E-state index is 11.8. The van der Waals surface area contributed by atoms with E-state index in [1.807, 2.05) is 20.8 Å². The Labute approximate surface area is 118 Å². The highest BCUT2D eigenvalue weighted by atomic mass is 35.5. The van der Waals surface area contributed by atoms with Crippen LogP contribution in [0.4, 0.5) is 5.69 Å². The molecule has 0 fully saturated rings. The summed E-state index contributed by atoms with van der Waals surface area (Å²) in [6.07, 6.45) is 0. The quantitative estimate of drug-likeness (QED) is 0.893. The molecule has 0 aromatic heterocycles. The molecule has 19 heavy (non-hydrogen) atoms. The number of benzene rings is 1. The third-order valence-corrected chi connectivity index (χ3v) is 4.31. The van der Waals surface area contributed by atoms with Crippen molar-refractivity contribution in [3.8, 4) is 0 Å². The third kappa shape index (κ3) is 4.19. The van der Waals surface area contributed by atoms with E-state index in [9.17, 15) is 13.2 Å². The SMILES string of the molecule is CC(C)C(C)C(=O)Nc1ccc(S(N)(=O)=O)c(Cl)c1. The molecule has 106 valence electrons. The first-order chi connectivity index (χ1) is 8.62. The number of amides is 1. The molecule has 0 aliphatic carbocycles. The lowest BCUT2D eigenvalue weighted by Gasteiger charge is -2.15. The summed E-state index contributed by atoms with van der Waals surface area (Å²) in [5.74, 6) is -0.0923. The van der Waals surface area contributed by atoms with Crippen LogP contribution in [0.15, 0.2) is 23.1 Å². The summed E-state index contributed by atoms with van der Waals surface area (Å²) < 4.78 is 22.4. The molecule has 0 aliphatic heterocycles. The molecule has 1 aromatic carbocycles. The van der Waals surface area contributed by atoms with E-state index in [4.69, 9.17) is 16.7 Å². The zero-order valence-corrected chi connectivity index (χ0v) is 12.5. The average molecular weight is 305 g/mol. The van der Waals surface area contributed by atoms with Gasteiger partial charge in [0.05, 0.1) is 5.02 Å². The summed E-state index contributed by atoms with van der Waals surface area (Å²) in [5.41, 5.74) is 0.440. The van der Waals surface area contributed by atoms with Crippen molar-refractivity contribution >= 4 is 33.2 Å². The van der Waals surface area contributed by atoms with Crippen LogP contribution in [0.5, 0.6) is 0 Å². The molecule has 1 unspecified atom stereocenters. The van der Waals surface area contributed by atoms with Crippen molar-refractivity contribution in [1.82, 2.24) is 0 Å². The molecule has 1 aromatic rings. The number of nitrogens with two attached hydrogens (primary N) is 1. The number of rotatable bonds is 4. The Morgan fingerprint density at radius 3 is 2.32 bits per heavy atom. The van der Waals surface area contributed by atoms with Gasteiger partial charge in [0.2, 0.25) is 15.9 Å². The van der Waals surface area contributed by atoms with Gasteiger partial charge in [-0.05, 0) is 24.1 Å². The van der Waals surface area contributed by atoms with Crippen LogP contribution in [0.3, 0.4) is 0 Å². The fourth-order valence-electron chi connectivity index (χ4n) is 1.37. The van der Waals surface area contributed by atoms with E-state index in [0.717, 1.165) is 0 Å². The molecule has 1 amide bonds. The number of hydrogen-bond acceptors (Lipinski definition) is 3. The van der Waals surface area contributed by atoms with Crippen molar-refractivity contribution in [2.24, 2.45) is 17.0 Å². The molecule has 1 atom stereocenters. The van der Waals surface area contributed by atoms with Crippen LogP contribution < -0.4 is 10.5 Å². The summed E-state index contributed by atoms with van der Waals surface area (Å²) in [6, 6.07) is 4.09. The molecule has 7 heteroatoms. The van der Waals surface area contributed by atoms with Crippen molar-refractivity contribution in [3.63, 3.8) is 0 Å². The zero-order chi connectivity index (χ0) is 14.8. The van der Waals surface area contributed by atoms with Crippen molar-refractivity contribution < 1.29 is 13.2 Å². The van der Waals surface area contributed by atoms with Crippen LogP contribution in [0.1, 0.15) is 20.8 Å². The summed E-state index contributed by atoms with van der Waals surface area (Å²) >= 11 is 5.83. The Balaban J connectivity index is 2.95. The van der Waals surface area contributed by atoms with Gasteiger partial charge in [0.15, 0.2) is 0 Å². The number of sulfonamides is 1. The number of anilines is 1. The molecule has 0 bridgehead atoms. The van der Waals surface area contributed by atoms with E-state index < -0.39 is 10.0 Å². The molecule has 0 radical (unpaired) electrons. The minimum atomic E-state index is -3.85. The van der Waals surface area contributed by atoms with Crippen molar-refractivity contribution in [2.75, 3.05) is 5.32 Å². The summed E-state index contributed by atoms with van der Waals surface area (Å²) in [6.45, 7) is 5.71. The van der Waals surface area contributed by atoms with Gasteiger partial charge in [-0.2, -0.15) is 0 Å². The van der Waals surface area contributed by atoms with Gasteiger partial charge in [0.25, 0.3) is 0 Å². The number of hydrogen-bond donors (Lipinski definition) is 2. The molecule has 1 rings (SSSR count). The predicted octanol–water partition coefficient (Wildman–Crippen LogP) is 2.22. The maximum absolute atomic E-state index is 11.8. The Bertz CT molecular complexity index is 585. The summed E-state index contributed by atoms with van der Waals surface area (Å²) in [5, 5.41) is 7.66. The van der Waals surface area contributed by atoms with E-state index in [2.05, 4.69) is 5.32 Å². The first kappa shape index (κ1) is 15.9. The molecule has 5 nitrogen and oxygen atoms in total. The predicted molar refractivity (Wildman–Crippen MR) is 75.5 cm³/mol. The lowest BCUT2D eigenvalue weighted by molar-refractivity contribution is -0.120. The van der Waals surface area contributed by atoms with E-state index >= 15 is 0 Å². The van der Waals surface area contributed by atoms with Gasteiger partial charge in [-0.1, -0.05) is 32.4 Å². The van der Waals surface area contributed by atoms with Crippen LogP contribution in [0.25, 0.3) is 0 Å². The van der Waals surface area contributed by atoms with Crippen molar-refractivity contribution in [3.05, 3.63) is 23.2 Å². The minimum absolute atomic E-state index is 0.0162. The Morgan fingerprint density at radius 1 is 1.32 bits per heavy atom. The number of primary sulfonamides is 1. The topological polar surface area (TPSA) is 89.3 Å². The van der Waals surface area contributed by atoms with Crippen LogP contribution in [0, 0.1) is 11.8 Å². The molecule has 0 aliphatic rings. The van der Waals surface area contributed by atoms with Gasteiger partial charge < -0.3 is 5.32 Å². The van der Waals surface area contributed by atoms with Crippen molar-refractivity contribution in [1.29, 1.82) is 0 Å². The molecule has 0 saturated carbocycles. The zero-order valence-electron chi connectivity index (χ0n) is 11.0. The molecule has 0 heterocycles. The highest BCUT2D eigenvalue weighted by Gasteiger charge is 2.18. The molecular formula is C12H17ClN2O3S. The van der Waals surface area contributed by atoms with Crippen LogP contribution in [-0.4, -0.2) is 14.3 Å².